The summed E-state index contributed by atoms with van der Waals surface area (Å²) in [6.45, 7) is 6.56. The zero-order valence-electron chi connectivity index (χ0n) is 13.5. The number of carbonyl (C=O) groups excluding carboxylic acids is 1. The highest BCUT2D eigenvalue weighted by Crippen LogP contribution is 2.31. The Balaban J connectivity index is 1.63. The maximum absolute atomic E-state index is 13.1. The van der Waals surface area contributed by atoms with E-state index in [1.807, 2.05) is 0 Å². The van der Waals surface area contributed by atoms with Crippen LogP contribution in [0.15, 0.2) is 0 Å². The first-order valence-corrected chi connectivity index (χ1v) is 9.08. The summed E-state index contributed by atoms with van der Waals surface area (Å²) in [5, 5.41) is 3.44. The predicted octanol–water partition coefficient (Wildman–Crippen LogP) is 1.99. The molecule has 0 radical (unpaired) electrons. The molecule has 3 rings (SSSR count). The standard InChI is InChI=1S/C17H31N3O/c1-2-3-12-20(14-6-7-14)17(21)16-5-4-13-19(16)15-8-10-18-11-9-15/h14-16,18H,2-13H2,1H3. The molecular weight excluding hydrogens is 262 g/mol. The molecule has 3 aliphatic rings. The molecule has 0 aromatic carbocycles. The third kappa shape index (κ3) is 3.59. The van der Waals surface area contributed by atoms with E-state index < -0.39 is 0 Å². The maximum Gasteiger partial charge on any atom is 0.240 e. The lowest BCUT2D eigenvalue weighted by molar-refractivity contribution is -0.137. The zero-order chi connectivity index (χ0) is 14.7. The topological polar surface area (TPSA) is 35.6 Å². The van der Waals surface area contributed by atoms with Crippen molar-refractivity contribution in [1.29, 1.82) is 0 Å². The molecule has 4 heteroatoms. The van der Waals surface area contributed by atoms with Crippen molar-refractivity contribution in [1.82, 2.24) is 15.1 Å². The summed E-state index contributed by atoms with van der Waals surface area (Å²) in [6, 6.07) is 1.39. The van der Waals surface area contributed by atoms with Crippen LogP contribution in [0.4, 0.5) is 0 Å². The van der Waals surface area contributed by atoms with E-state index >= 15 is 0 Å². The van der Waals surface area contributed by atoms with Crippen LogP contribution >= 0.6 is 0 Å². The third-order valence-corrected chi connectivity index (χ3v) is 5.38. The fourth-order valence-corrected chi connectivity index (χ4v) is 4.01. The van der Waals surface area contributed by atoms with Gasteiger partial charge in [-0.2, -0.15) is 0 Å². The Morgan fingerprint density at radius 1 is 1.19 bits per heavy atom. The average Bonchev–Trinajstić information content (AvgIpc) is 3.24. The second-order valence-electron chi connectivity index (χ2n) is 6.99. The van der Waals surface area contributed by atoms with Gasteiger partial charge in [0.2, 0.25) is 5.91 Å². The van der Waals surface area contributed by atoms with Crippen LogP contribution in [0.2, 0.25) is 0 Å². The first-order chi connectivity index (χ1) is 10.3. The number of rotatable bonds is 6. The van der Waals surface area contributed by atoms with Gasteiger partial charge in [-0.3, -0.25) is 9.69 Å². The number of hydrogen-bond acceptors (Lipinski definition) is 3. The minimum absolute atomic E-state index is 0.186. The molecule has 1 aliphatic carbocycles. The van der Waals surface area contributed by atoms with E-state index in [9.17, 15) is 4.79 Å². The van der Waals surface area contributed by atoms with Crippen molar-refractivity contribution >= 4 is 5.91 Å². The summed E-state index contributed by atoms with van der Waals surface area (Å²) in [7, 11) is 0. The summed E-state index contributed by atoms with van der Waals surface area (Å²) in [6.07, 6.45) is 9.50. The Bertz CT molecular complexity index is 350. The molecule has 1 unspecified atom stereocenters. The fraction of sp³-hybridized carbons (Fsp3) is 0.941. The summed E-state index contributed by atoms with van der Waals surface area (Å²) in [4.78, 5) is 17.8. The number of carbonyl (C=O) groups is 1. The molecule has 3 fully saturated rings. The van der Waals surface area contributed by atoms with Gasteiger partial charge in [-0.25, -0.2) is 0 Å². The second-order valence-corrected chi connectivity index (χ2v) is 6.99. The van der Waals surface area contributed by atoms with Crippen LogP contribution in [0, 0.1) is 0 Å². The molecule has 120 valence electrons. The maximum atomic E-state index is 13.1. The summed E-state index contributed by atoms with van der Waals surface area (Å²) in [5.41, 5.74) is 0. The monoisotopic (exact) mass is 293 g/mol. The summed E-state index contributed by atoms with van der Waals surface area (Å²) in [5.74, 6) is 0.446. The van der Waals surface area contributed by atoms with Crippen LogP contribution < -0.4 is 5.32 Å². The highest BCUT2D eigenvalue weighted by Gasteiger charge is 2.41. The molecule has 0 aromatic heterocycles. The van der Waals surface area contributed by atoms with Crippen LogP contribution in [0.25, 0.3) is 0 Å². The quantitative estimate of drug-likeness (QED) is 0.813. The van der Waals surface area contributed by atoms with Gasteiger partial charge in [-0.1, -0.05) is 13.3 Å². The van der Waals surface area contributed by atoms with Crippen molar-refractivity contribution in [2.45, 2.75) is 76.4 Å². The van der Waals surface area contributed by atoms with Gasteiger partial charge in [0.15, 0.2) is 0 Å². The van der Waals surface area contributed by atoms with E-state index in [4.69, 9.17) is 0 Å². The molecule has 0 bridgehead atoms. The Morgan fingerprint density at radius 3 is 2.62 bits per heavy atom. The number of unbranched alkanes of at least 4 members (excludes halogenated alkanes) is 1. The number of hydrogen-bond donors (Lipinski definition) is 1. The smallest absolute Gasteiger partial charge is 0.240 e. The van der Waals surface area contributed by atoms with Gasteiger partial charge in [0.25, 0.3) is 0 Å². The van der Waals surface area contributed by atoms with E-state index in [2.05, 4.69) is 22.0 Å². The number of nitrogens with one attached hydrogen (secondary N) is 1. The Labute approximate surface area is 129 Å². The lowest BCUT2D eigenvalue weighted by atomic mass is 10.0. The van der Waals surface area contributed by atoms with Gasteiger partial charge in [-0.05, 0) is 64.6 Å². The molecule has 2 heterocycles. The fourth-order valence-electron chi connectivity index (χ4n) is 4.01. The van der Waals surface area contributed by atoms with Crippen molar-refractivity contribution in [2.24, 2.45) is 0 Å². The van der Waals surface area contributed by atoms with Gasteiger partial charge < -0.3 is 10.2 Å². The van der Waals surface area contributed by atoms with Gasteiger partial charge in [0.05, 0.1) is 6.04 Å². The number of amides is 1. The summed E-state index contributed by atoms with van der Waals surface area (Å²) >= 11 is 0. The van der Waals surface area contributed by atoms with E-state index in [1.165, 1.54) is 38.5 Å². The van der Waals surface area contributed by atoms with Gasteiger partial charge in [-0.15, -0.1) is 0 Å². The SMILES string of the molecule is CCCCN(C(=O)C1CCCN1C1CCNCC1)C1CC1. The first-order valence-electron chi connectivity index (χ1n) is 9.08. The Kier molecular flexibility index (Phi) is 5.17. The third-order valence-electron chi connectivity index (χ3n) is 5.38. The van der Waals surface area contributed by atoms with Crippen LogP contribution in [0.1, 0.15) is 58.3 Å². The second kappa shape index (κ2) is 7.10. The largest absolute Gasteiger partial charge is 0.338 e. The van der Waals surface area contributed by atoms with E-state index in [-0.39, 0.29) is 6.04 Å². The minimum atomic E-state index is 0.186. The van der Waals surface area contributed by atoms with Crippen molar-refractivity contribution < 1.29 is 4.79 Å². The molecule has 1 N–H and O–H groups in total. The summed E-state index contributed by atoms with van der Waals surface area (Å²) < 4.78 is 0. The lowest BCUT2D eigenvalue weighted by Crippen LogP contribution is -2.52. The molecule has 0 aromatic rings. The van der Waals surface area contributed by atoms with Crippen LogP contribution in [0.5, 0.6) is 0 Å². The number of piperidine rings is 1. The number of likely N-dealkylation sites (tertiary alicyclic amines) is 1. The molecule has 1 saturated carbocycles. The van der Waals surface area contributed by atoms with Gasteiger partial charge in [0, 0.05) is 18.6 Å². The van der Waals surface area contributed by atoms with Crippen molar-refractivity contribution in [3.63, 3.8) is 0 Å². The van der Waals surface area contributed by atoms with Gasteiger partial charge in [0.1, 0.15) is 0 Å². The normalized spacial score (nSPS) is 28.0. The van der Waals surface area contributed by atoms with Crippen molar-refractivity contribution in [3.05, 3.63) is 0 Å². The lowest BCUT2D eigenvalue weighted by Gasteiger charge is -2.37. The first kappa shape index (κ1) is 15.3. The van der Waals surface area contributed by atoms with Crippen LogP contribution in [0.3, 0.4) is 0 Å². The molecule has 0 spiro atoms. The Morgan fingerprint density at radius 2 is 1.95 bits per heavy atom. The average molecular weight is 293 g/mol. The van der Waals surface area contributed by atoms with Gasteiger partial charge >= 0.3 is 0 Å². The zero-order valence-corrected chi connectivity index (χ0v) is 13.5. The van der Waals surface area contributed by atoms with Crippen LogP contribution in [-0.2, 0) is 4.79 Å². The van der Waals surface area contributed by atoms with Crippen molar-refractivity contribution in [2.75, 3.05) is 26.2 Å². The molecular formula is C17H31N3O. The predicted molar refractivity (Wildman–Crippen MR) is 85.3 cm³/mol. The van der Waals surface area contributed by atoms with E-state index in [1.54, 1.807) is 0 Å². The highest BCUT2D eigenvalue weighted by molar-refractivity contribution is 5.82. The molecule has 1 amide bonds. The Hall–Kier alpha value is -0.610. The van der Waals surface area contributed by atoms with E-state index in [0.717, 1.165) is 39.0 Å². The molecule has 2 aliphatic heterocycles. The molecule has 21 heavy (non-hydrogen) atoms. The minimum Gasteiger partial charge on any atom is -0.338 e. The molecule has 4 nitrogen and oxygen atoms in total. The van der Waals surface area contributed by atoms with Crippen LogP contribution in [-0.4, -0.2) is 60.0 Å². The van der Waals surface area contributed by atoms with E-state index in [0.29, 0.717) is 18.0 Å². The van der Waals surface area contributed by atoms with Crippen molar-refractivity contribution in [3.8, 4) is 0 Å². The highest BCUT2D eigenvalue weighted by atomic mass is 16.2. The number of nitrogens with zero attached hydrogens (tertiary/aromatic N) is 2. The molecule has 1 atom stereocenters. The molecule has 2 saturated heterocycles.